The van der Waals surface area contributed by atoms with Crippen molar-refractivity contribution in [3.63, 3.8) is 0 Å². The number of carbonyl (C=O) groups is 1. The number of ether oxygens (including phenoxy) is 1. The molecule has 1 saturated carbocycles. The molecule has 9 heteroatoms. The minimum atomic E-state index is -4.40. The molecule has 30 heavy (non-hydrogen) atoms. The summed E-state index contributed by atoms with van der Waals surface area (Å²) in [6, 6.07) is 14.9. The van der Waals surface area contributed by atoms with Crippen molar-refractivity contribution in [1.29, 1.82) is 0 Å². The Hall–Kier alpha value is -2.23. The highest BCUT2D eigenvalue weighted by Gasteiger charge is 2.49. The van der Waals surface area contributed by atoms with E-state index >= 15 is 0 Å². The average molecular weight is 450 g/mol. The van der Waals surface area contributed by atoms with Crippen LogP contribution in [0.5, 0.6) is 0 Å². The molecule has 160 valence electrons. The lowest BCUT2D eigenvalue weighted by Gasteiger charge is -2.29. The lowest BCUT2D eigenvalue weighted by atomic mass is 9.78. The molecule has 0 bridgehead atoms. The monoisotopic (exact) mass is 449 g/mol. The highest BCUT2D eigenvalue weighted by atomic mass is 32.3. The lowest BCUT2D eigenvalue weighted by Crippen LogP contribution is -2.44. The Labute approximate surface area is 176 Å². The Bertz CT molecular complexity index is 1050. The smallest absolute Gasteiger partial charge is 0.309 e. The first-order chi connectivity index (χ1) is 14.3. The van der Waals surface area contributed by atoms with Crippen molar-refractivity contribution >= 4 is 26.0 Å². The van der Waals surface area contributed by atoms with E-state index < -0.39 is 32.7 Å². The Morgan fingerprint density at radius 3 is 1.83 bits per heavy atom. The molecule has 2 aromatic carbocycles. The van der Waals surface area contributed by atoms with E-state index in [9.17, 15) is 21.6 Å². The molecule has 0 amide bonds. The van der Waals surface area contributed by atoms with Crippen molar-refractivity contribution in [1.82, 2.24) is 3.71 Å². The highest BCUT2D eigenvalue weighted by Crippen LogP contribution is 2.41. The van der Waals surface area contributed by atoms with Crippen molar-refractivity contribution in [2.45, 2.75) is 41.6 Å². The van der Waals surface area contributed by atoms with E-state index in [0.29, 0.717) is 16.6 Å². The van der Waals surface area contributed by atoms with Gasteiger partial charge in [0.2, 0.25) is 0 Å². The third-order valence-electron chi connectivity index (χ3n) is 5.81. The SMILES string of the molecule is O=C1O[C@@H](CN(S(=O)(=O)c2ccccc2)S(=O)(=O)c2ccccc2)[C@@H]2CCCC[C@H]12. The predicted octanol–water partition coefficient (Wildman–Crippen LogP) is 2.80. The van der Waals surface area contributed by atoms with Gasteiger partial charge in [0, 0.05) is 5.92 Å². The summed E-state index contributed by atoms with van der Waals surface area (Å²) in [5, 5.41) is 0. The van der Waals surface area contributed by atoms with E-state index in [1.807, 2.05) is 0 Å². The molecule has 2 aliphatic rings. The van der Waals surface area contributed by atoms with E-state index in [1.54, 1.807) is 12.1 Å². The van der Waals surface area contributed by atoms with Gasteiger partial charge in [0.05, 0.1) is 22.3 Å². The van der Waals surface area contributed by atoms with Gasteiger partial charge in [-0.25, -0.2) is 16.8 Å². The summed E-state index contributed by atoms with van der Waals surface area (Å²) in [6.07, 6.45) is 2.44. The van der Waals surface area contributed by atoms with Crippen LogP contribution in [0.1, 0.15) is 25.7 Å². The van der Waals surface area contributed by atoms with Crippen molar-refractivity contribution in [2.24, 2.45) is 11.8 Å². The zero-order chi connectivity index (χ0) is 21.4. The molecule has 0 radical (unpaired) electrons. The van der Waals surface area contributed by atoms with Gasteiger partial charge in [0.25, 0.3) is 20.0 Å². The first-order valence-electron chi connectivity index (χ1n) is 9.90. The Morgan fingerprint density at radius 2 is 1.30 bits per heavy atom. The number of esters is 1. The molecule has 0 aromatic heterocycles. The summed E-state index contributed by atoms with van der Waals surface area (Å²) in [5.74, 6) is -0.825. The van der Waals surface area contributed by atoms with Crippen LogP contribution in [0.25, 0.3) is 0 Å². The maximum atomic E-state index is 13.4. The highest BCUT2D eigenvalue weighted by molar-refractivity contribution is 8.04. The molecule has 0 N–H and O–H groups in total. The predicted molar refractivity (Wildman–Crippen MR) is 109 cm³/mol. The molecule has 7 nitrogen and oxygen atoms in total. The van der Waals surface area contributed by atoms with Crippen LogP contribution in [-0.4, -0.2) is 39.2 Å². The summed E-state index contributed by atoms with van der Waals surface area (Å²) in [7, 11) is -8.79. The standard InChI is InChI=1S/C21H23NO6S2/c23-21-19-14-8-7-13-18(19)20(28-21)15-22(29(24,25)16-9-3-1-4-10-16)30(26,27)17-11-5-2-6-12-17/h1-6,9-12,18-20H,7-8,13-15H2/t18-,19+,20+/m1/s1. The summed E-state index contributed by atoms with van der Waals surface area (Å²) in [5.41, 5.74) is 0. The van der Waals surface area contributed by atoms with Crippen LogP contribution in [0, 0.1) is 11.8 Å². The van der Waals surface area contributed by atoms with Crippen LogP contribution >= 0.6 is 0 Å². The van der Waals surface area contributed by atoms with E-state index in [4.69, 9.17) is 4.74 Å². The van der Waals surface area contributed by atoms with E-state index in [2.05, 4.69) is 0 Å². The summed E-state index contributed by atoms with van der Waals surface area (Å²) < 4.78 is 59.5. The van der Waals surface area contributed by atoms with E-state index in [-0.39, 0.29) is 27.6 Å². The molecular formula is C21H23NO6S2. The van der Waals surface area contributed by atoms with Crippen LogP contribution in [0.2, 0.25) is 0 Å². The molecule has 1 aliphatic carbocycles. The number of rotatable bonds is 6. The van der Waals surface area contributed by atoms with Crippen molar-refractivity contribution in [3.05, 3.63) is 60.7 Å². The average Bonchev–Trinajstić information content (AvgIpc) is 3.09. The molecule has 0 spiro atoms. The van der Waals surface area contributed by atoms with E-state index in [0.717, 1.165) is 12.8 Å². The Kier molecular flexibility index (Phi) is 5.69. The van der Waals surface area contributed by atoms with Gasteiger partial charge in [-0.2, -0.15) is 0 Å². The Balaban J connectivity index is 1.76. The van der Waals surface area contributed by atoms with Gasteiger partial charge in [-0.3, -0.25) is 4.79 Å². The molecular weight excluding hydrogens is 426 g/mol. The number of benzene rings is 2. The van der Waals surface area contributed by atoms with Gasteiger partial charge in [0.1, 0.15) is 6.10 Å². The molecule has 1 heterocycles. The fourth-order valence-electron chi connectivity index (χ4n) is 4.29. The molecule has 2 aromatic rings. The lowest BCUT2D eigenvalue weighted by molar-refractivity contribution is -0.144. The second-order valence-electron chi connectivity index (χ2n) is 7.62. The van der Waals surface area contributed by atoms with Crippen molar-refractivity contribution in [2.75, 3.05) is 6.54 Å². The summed E-state index contributed by atoms with van der Waals surface area (Å²) >= 11 is 0. The summed E-state index contributed by atoms with van der Waals surface area (Å²) in [4.78, 5) is 12.0. The fraction of sp³-hybridized carbons (Fsp3) is 0.381. The zero-order valence-electron chi connectivity index (χ0n) is 16.3. The number of hydrogen-bond acceptors (Lipinski definition) is 6. The number of sulfonamides is 2. The van der Waals surface area contributed by atoms with Crippen LogP contribution in [0.4, 0.5) is 0 Å². The normalized spacial score (nSPS) is 24.4. The molecule has 1 aliphatic heterocycles. The van der Waals surface area contributed by atoms with Crippen LogP contribution < -0.4 is 0 Å². The molecule has 4 rings (SSSR count). The Morgan fingerprint density at radius 1 is 0.800 bits per heavy atom. The van der Waals surface area contributed by atoms with Gasteiger partial charge in [-0.1, -0.05) is 53.0 Å². The second-order valence-corrected chi connectivity index (χ2v) is 11.6. The quantitative estimate of drug-likeness (QED) is 0.629. The molecule has 1 saturated heterocycles. The minimum Gasteiger partial charge on any atom is -0.460 e. The molecule has 0 unspecified atom stereocenters. The third kappa shape index (κ3) is 3.77. The van der Waals surface area contributed by atoms with Gasteiger partial charge in [-0.15, -0.1) is 0 Å². The van der Waals surface area contributed by atoms with Gasteiger partial charge in [0.15, 0.2) is 0 Å². The molecule has 3 atom stereocenters. The van der Waals surface area contributed by atoms with E-state index in [1.165, 1.54) is 48.5 Å². The fourth-order valence-corrected chi connectivity index (χ4v) is 7.99. The number of fused-ring (bicyclic) bond motifs is 1. The first kappa shape index (κ1) is 21.0. The maximum Gasteiger partial charge on any atom is 0.309 e. The maximum absolute atomic E-state index is 13.4. The number of nitrogens with zero attached hydrogens (tertiary/aromatic N) is 1. The molecule has 2 fully saturated rings. The first-order valence-corrected chi connectivity index (χ1v) is 12.8. The van der Waals surface area contributed by atoms with Crippen molar-refractivity contribution in [3.8, 4) is 0 Å². The van der Waals surface area contributed by atoms with Gasteiger partial charge >= 0.3 is 5.97 Å². The summed E-state index contributed by atoms with van der Waals surface area (Å²) in [6.45, 7) is -0.429. The van der Waals surface area contributed by atoms with Crippen LogP contribution in [0.15, 0.2) is 70.5 Å². The number of cyclic esters (lactones) is 1. The van der Waals surface area contributed by atoms with Gasteiger partial charge in [-0.05, 0) is 37.1 Å². The third-order valence-corrected chi connectivity index (χ3v) is 10.1. The minimum absolute atomic E-state index is 0.131. The number of hydrogen-bond donors (Lipinski definition) is 0. The zero-order valence-corrected chi connectivity index (χ0v) is 17.9. The van der Waals surface area contributed by atoms with Crippen LogP contribution in [-0.2, 0) is 29.6 Å². The largest absolute Gasteiger partial charge is 0.460 e. The van der Waals surface area contributed by atoms with Gasteiger partial charge < -0.3 is 4.74 Å². The number of carbonyl (C=O) groups excluding carboxylic acids is 1. The second kappa shape index (κ2) is 8.13. The topological polar surface area (TPSA) is 97.8 Å². The van der Waals surface area contributed by atoms with Crippen LogP contribution in [0.3, 0.4) is 0 Å². The van der Waals surface area contributed by atoms with Crippen molar-refractivity contribution < 1.29 is 26.4 Å².